The minimum Gasteiger partial charge on any atom is -0.495 e. The van der Waals surface area contributed by atoms with Crippen molar-refractivity contribution in [3.63, 3.8) is 0 Å². The van der Waals surface area contributed by atoms with Gasteiger partial charge < -0.3 is 30.9 Å². The second kappa shape index (κ2) is 12.5. The van der Waals surface area contributed by atoms with E-state index in [0.717, 1.165) is 6.54 Å². The lowest BCUT2D eigenvalue weighted by atomic mass is 10.0. The highest BCUT2D eigenvalue weighted by Crippen LogP contribution is 2.27. The summed E-state index contributed by atoms with van der Waals surface area (Å²) in [5.74, 6) is 6.39. The molecule has 0 saturated carbocycles. The number of imidazole rings is 1. The Bertz CT molecular complexity index is 1490. The first-order valence-corrected chi connectivity index (χ1v) is 12.9. The molecule has 1 aliphatic heterocycles. The average Bonchev–Trinajstić information content (AvgIpc) is 3.29. The fourth-order valence-electron chi connectivity index (χ4n) is 4.41. The number of likely N-dealkylation sites (tertiary alicyclic amines) is 1. The second-order valence-electron chi connectivity index (χ2n) is 9.63. The summed E-state index contributed by atoms with van der Waals surface area (Å²) >= 11 is 0. The van der Waals surface area contributed by atoms with Gasteiger partial charge in [0, 0.05) is 37.5 Å². The molecule has 40 heavy (non-hydrogen) atoms. The third kappa shape index (κ3) is 6.35. The Morgan fingerprint density at radius 1 is 1.27 bits per heavy atom. The Kier molecular flexibility index (Phi) is 8.91. The van der Waals surface area contributed by atoms with Gasteiger partial charge in [-0.05, 0) is 56.6 Å². The summed E-state index contributed by atoms with van der Waals surface area (Å²) in [5.41, 5.74) is 3.01. The number of alkyl halides is 1. The molecule has 0 unspecified atom stereocenters. The zero-order valence-corrected chi connectivity index (χ0v) is 23.1. The summed E-state index contributed by atoms with van der Waals surface area (Å²) in [6.07, 6.45) is 1.40. The molecular weight excluding hydrogens is 513 g/mol. The molecule has 3 heterocycles. The van der Waals surface area contributed by atoms with Gasteiger partial charge in [-0.2, -0.15) is 0 Å². The zero-order chi connectivity index (χ0) is 28.8. The molecule has 3 aromatic rings. The van der Waals surface area contributed by atoms with E-state index in [9.17, 15) is 14.0 Å². The van der Waals surface area contributed by atoms with Gasteiger partial charge in [0.15, 0.2) is 17.2 Å². The lowest BCUT2D eigenvalue weighted by Gasteiger charge is -2.33. The Hall–Kier alpha value is -4.56. The lowest BCUT2D eigenvalue weighted by molar-refractivity contribution is -0.112. The molecule has 2 atom stereocenters. The Labute approximate surface area is 233 Å². The first-order valence-electron chi connectivity index (χ1n) is 12.9. The van der Waals surface area contributed by atoms with Crippen molar-refractivity contribution in [1.82, 2.24) is 19.6 Å². The number of benzene rings is 1. The second-order valence-corrected chi connectivity index (χ2v) is 9.63. The maximum absolute atomic E-state index is 14.8. The van der Waals surface area contributed by atoms with E-state index in [4.69, 9.17) is 9.72 Å². The molecule has 1 fully saturated rings. The number of anilines is 3. The van der Waals surface area contributed by atoms with Crippen molar-refractivity contribution in [3.05, 3.63) is 59.9 Å². The van der Waals surface area contributed by atoms with Crippen LogP contribution in [0.15, 0.2) is 48.7 Å². The predicted octanol–water partition coefficient (Wildman–Crippen LogP) is 3.13. The quantitative estimate of drug-likeness (QED) is 0.253. The van der Waals surface area contributed by atoms with Crippen LogP contribution in [0.25, 0.3) is 5.65 Å². The number of ether oxygens (including phenoxy) is 1. The van der Waals surface area contributed by atoms with Crippen LogP contribution < -0.4 is 26.0 Å². The summed E-state index contributed by atoms with van der Waals surface area (Å²) in [4.78, 5) is 31.1. The molecular formula is C29H34FN7O3. The van der Waals surface area contributed by atoms with E-state index >= 15 is 0 Å². The smallest absolute Gasteiger partial charge is 0.251 e. The van der Waals surface area contributed by atoms with E-state index in [-0.39, 0.29) is 24.4 Å². The summed E-state index contributed by atoms with van der Waals surface area (Å²) in [7, 11) is 4.99. The van der Waals surface area contributed by atoms with Crippen LogP contribution in [0.4, 0.5) is 21.6 Å². The normalized spacial score (nSPS) is 16.9. The minimum absolute atomic E-state index is 0.215. The lowest BCUT2D eigenvalue weighted by Crippen LogP contribution is -2.46. The number of carbonyl (C=O) groups is 2. The average molecular weight is 548 g/mol. The number of carbonyl (C=O) groups excluding carboxylic acids is 2. The number of halogens is 1. The van der Waals surface area contributed by atoms with Gasteiger partial charge >= 0.3 is 0 Å². The minimum atomic E-state index is -1.02. The summed E-state index contributed by atoms with van der Waals surface area (Å²) < 4.78 is 21.9. The molecule has 4 rings (SSSR count). The van der Waals surface area contributed by atoms with Crippen LogP contribution >= 0.6 is 0 Å². The number of nitrogens with one attached hydrogen (secondary N) is 4. The first kappa shape index (κ1) is 28.4. The van der Waals surface area contributed by atoms with Crippen molar-refractivity contribution >= 4 is 34.7 Å². The Morgan fingerprint density at radius 2 is 2.08 bits per heavy atom. The number of methoxy groups -OCH3 is 1. The standard InChI is InChI=1S/C29H34FN7O3/c1-18(2)28(38)35-27-24(8-6-13-32-22-11-10-19(29(39)31-3)16-25(22)40-5)34-26-23(9-7-14-37(26)27)33-21-12-15-36(4)17-20(21)30/h7,9-11,14,16,20-21,32-33H,1,12-13,15,17H2,2-5H3,(H,31,39)(H,35,38)/t20-,21+/m0/s1. The van der Waals surface area contributed by atoms with E-state index in [1.165, 1.54) is 7.11 Å². The first-order chi connectivity index (χ1) is 19.2. The fraction of sp³-hybridized carbons (Fsp3) is 0.345. The van der Waals surface area contributed by atoms with Crippen molar-refractivity contribution in [2.45, 2.75) is 25.6 Å². The maximum Gasteiger partial charge on any atom is 0.251 e. The van der Waals surface area contributed by atoms with E-state index in [1.807, 2.05) is 24.1 Å². The van der Waals surface area contributed by atoms with Crippen molar-refractivity contribution in [1.29, 1.82) is 0 Å². The van der Waals surface area contributed by atoms with Gasteiger partial charge in [-0.1, -0.05) is 12.5 Å². The van der Waals surface area contributed by atoms with Crippen molar-refractivity contribution < 1.29 is 18.7 Å². The number of nitrogens with zero attached hydrogens (tertiary/aromatic N) is 3. The largest absolute Gasteiger partial charge is 0.495 e. The molecule has 11 heteroatoms. The van der Waals surface area contributed by atoms with Gasteiger partial charge in [-0.3, -0.25) is 14.0 Å². The van der Waals surface area contributed by atoms with Crippen molar-refractivity contribution in [2.24, 2.45) is 0 Å². The van der Waals surface area contributed by atoms with Crippen molar-refractivity contribution in [3.8, 4) is 17.6 Å². The van der Waals surface area contributed by atoms with Gasteiger partial charge in [0.2, 0.25) is 0 Å². The molecule has 2 aromatic heterocycles. The van der Waals surface area contributed by atoms with E-state index < -0.39 is 6.17 Å². The van der Waals surface area contributed by atoms with Crippen LogP contribution in [0, 0.1) is 11.8 Å². The van der Waals surface area contributed by atoms with E-state index in [1.54, 1.807) is 42.8 Å². The number of rotatable bonds is 8. The molecule has 0 spiro atoms. The monoisotopic (exact) mass is 547 g/mol. The van der Waals surface area contributed by atoms with Crippen LogP contribution in [0.3, 0.4) is 0 Å². The predicted molar refractivity (Wildman–Crippen MR) is 155 cm³/mol. The molecule has 0 aliphatic carbocycles. The summed E-state index contributed by atoms with van der Waals surface area (Å²) in [6.45, 7) is 6.72. The van der Waals surface area contributed by atoms with Crippen LogP contribution in [-0.2, 0) is 4.79 Å². The van der Waals surface area contributed by atoms with Gasteiger partial charge in [0.05, 0.1) is 31.1 Å². The van der Waals surface area contributed by atoms with E-state index in [0.29, 0.717) is 58.4 Å². The highest BCUT2D eigenvalue weighted by molar-refractivity contribution is 6.03. The Balaban J connectivity index is 1.61. The maximum atomic E-state index is 14.8. The molecule has 10 nitrogen and oxygen atoms in total. The highest BCUT2D eigenvalue weighted by Gasteiger charge is 2.28. The van der Waals surface area contributed by atoms with Crippen LogP contribution in [-0.4, -0.2) is 79.2 Å². The number of piperidine rings is 1. The third-order valence-electron chi connectivity index (χ3n) is 6.62. The number of aromatic nitrogens is 2. The zero-order valence-electron chi connectivity index (χ0n) is 23.1. The molecule has 1 aliphatic rings. The molecule has 210 valence electrons. The van der Waals surface area contributed by atoms with Crippen molar-refractivity contribution in [2.75, 3.05) is 56.8 Å². The van der Waals surface area contributed by atoms with Crippen LogP contribution in [0.5, 0.6) is 5.75 Å². The molecule has 4 N–H and O–H groups in total. The van der Waals surface area contributed by atoms with Gasteiger partial charge in [0.1, 0.15) is 11.9 Å². The topological polar surface area (TPSA) is 112 Å². The highest BCUT2D eigenvalue weighted by atomic mass is 19.1. The molecule has 1 aromatic carbocycles. The number of amides is 2. The number of pyridine rings is 1. The number of hydrogen-bond acceptors (Lipinski definition) is 7. The molecule has 0 radical (unpaired) electrons. The fourth-order valence-corrected chi connectivity index (χ4v) is 4.41. The third-order valence-corrected chi connectivity index (χ3v) is 6.62. The number of fused-ring (bicyclic) bond motifs is 1. The summed E-state index contributed by atoms with van der Waals surface area (Å²) in [6, 6.07) is 8.37. The van der Waals surface area contributed by atoms with E-state index in [2.05, 4.69) is 39.7 Å². The molecule has 2 amide bonds. The van der Waals surface area contributed by atoms with Crippen LogP contribution in [0.2, 0.25) is 0 Å². The van der Waals surface area contributed by atoms with Crippen LogP contribution in [0.1, 0.15) is 29.4 Å². The molecule has 1 saturated heterocycles. The van der Waals surface area contributed by atoms with Gasteiger partial charge in [-0.25, -0.2) is 9.37 Å². The summed E-state index contributed by atoms with van der Waals surface area (Å²) in [5, 5.41) is 11.9. The van der Waals surface area contributed by atoms with Gasteiger partial charge in [0.25, 0.3) is 11.8 Å². The van der Waals surface area contributed by atoms with Gasteiger partial charge in [-0.15, -0.1) is 0 Å². The number of hydrogen-bond donors (Lipinski definition) is 4. The SMILES string of the molecule is C=C(C)C(=O)Nc1c(C#CCNc2ccc(C(=O)NC)cc2OC)nc2c(N[C@@H]3CCN(C)C[C@@H]3F)cccn12. The Morgan fingerprint density at radius 3 is 2.77 bits per heavy atom. The molecule has 0 bridgehead atoms.